The summed E-state index contributed by atoms with van der Waals surface area (Å²) in [6, 6.07) is 0. The molecule has 0 aliphatic heterocycles. The molecule has 0 spiro atoms. The molecule has 2 aromatic heterocycles. The lowest BCUT2D eigenvalue weighted by Gasteiger charge is -1.99. The molecule has 0 N–H and O–H groups in total. The molecular weight excluding hydrogens is 184 g/mol. The van der Waals surface area contributed by atoms with Gasteiger partial charge in [0.15, 0.2) is 5.16 Å². The molecule has 0 fully saturated rings. The van der Waals surface area contributed by atoms with Crippen molar-refractivity contribution < 1.29 is 0 Å². The number of rotatable bonds is 3. The van der Waals surface area contributed by atoms with Gasteiger partial charge in [0.2, 0.25) is 0 Å². The van der Waals surface area contributed by atoms with E-state index in [1.165, 1.54) is 0 Å². The maximum atomic E-state index is 4.01. The number of nitrogens with zero attached hydrogens (tertiary/aromatic N) is 4. The molecule has 0 amide bonds. The Labute approximate surface area is 79.7 Å². The molecule has 2 heterocycles. The molecule has 0 saturated carbocycles. The quantitative estimate of drug-likeness (QED) is 0.544. The molecule has 13 heavy (non-hydrogen) atoms. The van der Waals surface area contributed by atoms with Crippen LogP contribution in [0.1, 0.15) is 0 Å². The third-order valence-electron chi connectivity index (χ3n) is 1.54. The average Bonchev–Trinajstić information content (AvgIpc) is 2.62. The van der Waals surface area contributed by atoms with E-state index < -0.39 is 0 Å². The first-order valence-electron chi connectivity index (χ1n) is 3.79. The number of hydrogen-bond donors (Lipinski definition) is 0. The standard InChI is InChI=1S/C8H8N4S/c1-2-3-13-8-11-10-5-7-4-9-6-12(7)8/h2,4-6H,1,3H2. The van der Waals surface area contributed by atoms with Crippen LogP contribution < -0.4 is 0 Å². The summed E-state index contributed by atoms with van der Waals surface area (Å²) in [6.45, 7) is 3.65. The highest BCUT2D eigenvalue weighted by atomic mass is 32.2. The topological polar surface area (TPSA) is 43.1 Å². The summed E-state index contributed by atoms with van der Waals surface area (Å²) in [5, 5.41) is 8.72. The SMILES string of the molecule is C=CCSc1nncc2cncn12. The van der Waals surface area contributed by atoms with Crippen LogP contribution in [0.3, 0.4) is 0 Å². The van der Waals surface area contributed by atoms with Gasteiger partial charge in [-0.25, -0.2) is 4.98 Å². The third kappa shape index (κ3) is 1.55. The molecule has 0 radical (unpaired) electrons. The maximum Gasteiger partial charge on any atom is 0.195 e. The van der Waals surface area contributed by atoms with Crippen molar-refractivity contribution in [3.8, 4) is 0 Å². The van der Waals surface area contributed by atoms with Gasteiger partial charge < -0.3 is 0 Å². The van der Waals surface area contributed by atoms with Crippen LogP contribution in [0.4, 0.5) is 0 Å². The van der Waals surface area contributed by atoms with Crippen molar-refractivity contribution in [2.45, 2.75) is 5.16 Å². The second kappa shape index (κ2) is 3.57. The zero-order valence-corrected chi connectivity index (χ0v) is 7.74. The van der Waals surface area contributed by atoms with Gasteiger partial charge in [0.25, 0.3) is 0 Å². The smallest absolute Gasteiger partial charge is 0.195 e. The lowest BCUT2D eigenvalue weighted by Crippen LogP contribution is -1.94. The number of imidazole rings is 1. The van der Waals surface area contributed by atoms with Gasteiger partial charge in [-0.15, -0.1) is 11.7 Å². The molecular formula is C8H8N4S. The van der Waals surface area contributed by atoms with Crippen LogP contribution in [0.2, 0.25) is 0 Å². The van der Waals surface area contributed by atoms with E-state index >= 15 is 0 Å². The number of thioether (sulfide) groups is 1. The second-order valence-corrected chi connectivity index (χ2v) is 3.40. The average molecular weight is 192 g/mol. The van der Waals surface area contributed by atoms with Crippen LogP contribution in [0.15, 0.2) is 36.5 Å². The van der Waals surface area contributed by atoms with Crippen LogP contribution in [-0.2, 0) is 0 Å². The molecule has 0 saturated heterocycles. The van der Waals surface area contributed by atoms with Gasteiger partial charge in [-0.2, -0.15) is 5.10 Å². The van der Waals surface area contributed by atoms with Gasteiger partial charge in [-0.1, -0.05) is 17.8 Å². The molecule has 0 aromatic carbocycles. The monoisotopic (exact) mass is 192 g/mol. The van der Waals surface area contributed by atoms with E-state index in [1.54, 1.807) is 30.5 Å². The van der Waals surface area contributed by atoms with Gasteiger partial charge in [0.1, 0.15) is 6.33 Å². The van der Waals surface area contributed by atoms with Crippen LogP contribution in [0, 0.1) is 0 Å². The highest BCUT2D eigenvalue weighted by Gasteiger charge is 2.01. The summed E-state index contributed by atoms with van der Waals surface area (Å²) in [6.07, 6.45) is 7.01. The van der Waals surface area contributed by atoms with E-state index in [4.69, 9.17) is 0 Å². The lowest BCUT2D eigenvalue weighted by molar-refractivity contribution is 0.806. The first-order valence-corrected chi connectivity index (χ1v) is 4.78. The van der Waals surface area contributed by atoms with Crippen molar-refractivity contribution in [3.05, 3.63) is 31.4 Å². The molecule has 66 valence electrons. The molecule has 5 heteroatoms. The molecule has 0 aliphatic carbocycles. The van der Waals surface area contributed by atoms with Crippen molar-refractivity contribution in [2.24, 2.45) is 0 Å². The highest BCUT2D eigenvalue weighted by molar-refractivity contribution is 7.99. The van der Waals surface area contributed by atoms with Crippen LogP contribution in [0.25, 0.3) is 5.52 Å². The fourth-order valence-electron chi connectivity index (χ4n) is 0.978. The Balaban J connectivity index is 2.42. The van der Waals surface area contributed by atoms with Crippen molar-refractivity contribution in [2.75, 3.05) is 5.75 Å². The summed E-state index contributed by atoms with van der Waals surface area (Å²) in [4.78, 5) is 4.01. The third-order valence-corrected chi connectivity index (χ3v) is 2.48. The Morgan fingerprint density at radius 1 is 1.54 bits per heavy atom. The Morgan fingerprint density at radius 3 is 3.31 bits per heavy atom. The minimum Gasteiger partial charge on any atom is -0.275 e. The Kier molecular flexibility index (Phi) is 2.27. The van der Waals surface area contributed by atoms with Crippen molar-refractivity contribution >= 4 is 17.3 Å². The number of fused-ring (bicyclic) bond motifs is 1. The van der Waals surface area contributed by atoms with E-state index in [2.05, 4.69) is 21.8 Å². The Hall–Kier alpha value is -1.36. The van der Waals surface area contributed by atoms with Gasteiger partial charge in [-0.05, 0) is 0 Å². The van der Waals surface area contributed by atoms with E-state index in [0.717, 1.165) is 16.4 Å². The largest absolute Gasteiger partial charge is 0.275 e. The fraction of sp³-hybridized carbons (Fsp3) is 0.125. The van der Waals surface area contributed by atoms with Crippen LogP contribution in [0.5, 0.6) is 0 Å². The number of aromatic nitrogens is 4. The van der Waals surface area contributed by atoms with Crippen molar-refractivity contribution in [3.63, 3.8) is 0 Å². The van der Waals surface area contributed by atoms with Crippen molar-refractivity contribution in [1.82, 2.24) is 19.6 Å². The van der Waals surface area contributed by atoms with Crippen LogP contribution >= 0.6 is 11.8 Å². The zero-order chi connectivity index (χ0) is 9.10. The lowest BCUT2D eigenvalue weighted by atomic mass is 10.6. The van der Waals surface area contributed by atoms with Gasteiger partial charge in [0.05, 0.1) is 17.9 Å². The molecule has 0 aliphatic rings. The zero-order valence-electron chi connectivity index (χ0n) is 6.92. The molecule has 2 aromatic rings. The fourth-order valence-corrected chi connectivity index (χ4v) is 1.64. The maximum absolute atomic E-state index is 4.01. The normalized spacial score (nSPS) is 10.5. The Bertz CT molecular complexity index is 423. The predicted octanol–water partition coefficient (Wildman–Crippen LogP) is 1.40. The van der Waals surface area contributed by atoms with Crippen LogP contribution in [-0.4, -0.2) is 25.3 Å². The summed E-state index contributed by atoms with van der Waals surface area (Å²) < 4.78 is 1.90. The predicted molar refractivity (Wildman–Crippen MR) is 51.7 cm³/mol. The second-order valence-electron chi connectivity index (χ2n) is 2.42. The highest BCUT2D eigenvalue weighted by Crippen LogP contribution is 2.15. The molecule has 2 rings (SSSR count). The van der Waals surface area contributed by atoms with Gasteiger partial charge >= 0.3 is 0 Å². The van der Waals surface area contributed by atoms with E-state index in [9.17, 15) is 0 Å². The minimum absolute atomic E-state index is 0.825. The summed E-state index contributed by atoms with van der Waals surface area (Å²) in [5.74, 6) is 0.825. The van der Waals surface area contributed by atoms with E-state index in [0.29, 0.717) is 0 Å². The molecule has 0 unspecified atom stereocenters. The van der Waals surface area contributed by atoms with Crippen molar-refractivity contribution in [1.29, 1.82) is 0 Å². The summed E-state index contributed by atoms with van der Waals surface area (Å²) in [7, 11) is 0. The van der Waals surface area contributed by atoms with Gasteiger partial charge in [-0.3, -0.25) is 4.40 Å². The van der Waals surface area contributed by atoms with Gasteiger partial charge in [0, 0.05) is 5.75 Å². The molecule has 0 atom stereocenters. The minimum atomic E-state index is 0.825. The summed E-state index contributed by atoms with van der Waals surface area (Å²) in [5.41, 5.74) is 0.960. The Morgan fingerprint density at radius 2 is 2.46 bits per heavy atom. The first-order chi connectivity index (χ1) is 6.42. The summed E-state index contributed by atoms with van der Waals surface area (Å²) >= 11 is 1.59. The molecule has 4 nitrogen and oxygen atoms in total. The van der Waals surface area contributed by atoms with E-state index in [-0.39, 0.29) is 0 Å². The first kappa shape index (κ1) is 8.25. The van der Waals surface area contributed by atoms with E-state index in [1.807, 2.05) is 10.5 Å². The number of hydrogen-bond acceptors (Lipinski definition) is 4. The molecule has 0 bridgehead atoms.